The fourth-order valence-electron chi connectivity index (χ4n) is 7.83. The maximum absolute atomic E-state index is 11.7. The molecule has 3 aromatic heterocycles. The van der Waals surface area contributed by atoms with Crippen LogP contribution in [-0.2, 0) is 4.79 Å². The first-order valence-electron chi connectivity index (χ1n) is 19.2. The minimum atomic E-state index is -0.945. The van der Waals surface area contributed by atoms with Crippen molar-refractivity contribution in [2.45, 2.75) is 5.92 Å². The summed E-state index contributed by atoms with van der Waals surface area (Å²) in [6.45, 7) is 0. The lowest BCUT2D eigenvalue weighted by Gasteiger charge is -2.18. The van der Waals surface area contributed by atoms with Crippen molar-refractivity contribution in [1.82, 2.24) is 39.9 Å². The predicted octanol–water partition coefficient (Wildman–Crippen LogP) is 9.41. The van der Waals surface area contributed by atoms with Gasteiger partial charge in [0, 0.05) is 65.9 Å². The van der Waals surface area contributed by atoms with Gasteiger partial charge in [0.2, 0.25) is 0 Å². The molecule has 9 aromatic rings. The molecule has 0 unspecified atom stereocenters. The number of carbonyl (C=O) groups is 1. The second-order valence-corrected chi connectivity index (χ2v) is 14.0. The summed E-state index contributed by atoms with van der Waals surface area (Å²) in [6, 6.07) is 46.5. The first-order valence-corrected chi connectivity index (χ1v) is 19.2. The minimum Gasteiger partial charge on any atom is -0.496 e. The van der Waals surface area contributed by atoms with Crippen molar-refractivity contribution in [1.29, 1.82) is 0 Å². The van der Waals surface area contributed by atoms with E-state index in [1.807, 2.05) is 109 Å². The summed E-state index contributed by atoms with van der Waals surface area (Å²) in [5, 5.41) is 13.4. The van der Waals surface area contributed by atoms with Crippen LogP contribution in [0.1, 0.15) is 17.0 Å². The lowest BCUT2D eigenvalue weighted by Crippen LogP contribution is -2.15. The fraction of sp³-hybridized carbons (Fsp3) is 0.0625. The summed E-state index contributed by atoms with van der Waals surface area (Å²) in [5.74, 6) is 1.71. The number of H-pyrrole nitrogens is 2. The number of nitrogens with zero attached hydrogens (tertiary/aromatic N) is 6. The molecule has 0 saturated carbocycles. The van der Waals surface area contributed by atoms with Crippen molar-refractivity contribution in [2.75, 3.05) is 14.2 Å². The molecule has 2 aliphatic rings. The number of nitrogens with one attached hydrogen (secondary N) is 2. The Morgan fingerprint density at radius 3 is 1.02 bits per heavy atom. The molecule has 61 heavy (non-hydrogen) atoms. The average molecular weight is 815 g/mol. The molecular formula is C48H34N8O4Si. The molecule has 8 bridgehead atoms. The van der Waals surface area contributed by atoms with Crippen LogP contribution in [0, 0.1) is 0 Å². The Morgan fingerprint density at radius 2 is 0.721 bits per heavy atom. The molecule has 0 fully saturated rings. The van der Waals surface area contributed by atoms with Crippen LogP contribution in [0.25, 0.3) is 89.7 Å². The van der Waals surface area contributed by atoms with Crippen molar-refractivity contribution < 1.29 is 19.4 Å². The standard InChI is InChI=1S/C32H18N8.C16H16O4.Si/c1-2-10-18-17(9-1)25-33-26(18)38-28-21-13-5-6-14-22(21)30(35-28)40-32-24-16-8-7-15-23(24)31(36-32)39-29-20-12-4-3-11-19(20)27(34-29)37-25;1-19-13-9-5-3-7-11(13)15(16(17)18)12-8-4-6-10-14(12)20-2;/h1-16H,(H2,33,34,35,36,37,38,39,40);3-10,15H,1-2H3,(H,17,18);. The molecule has 12 nitrogen and oxygen atoms in total. The van der Waals surface area contributed by atoms with Gasteiger partial charge >= 0.3 is 5.97 Å². The van der Waals surface area contributed by atoms with Gasteiger partial charge in [-0.05, 0) is 12.1 Å². The van der Waals surface area contributed by atoms with Gasteiger partial charge < -0.3 is 24.5 Å². The maximum Gasteiger partial charge on any atom is 0.315 e. The summed E-state index contributed by atoms with van der Waals surface area (Å²) in [4.78, 5) is 48.5. The van der Waals surface area contributed by atoms with Crippen LogP contribution >= 0.6 is 0 Å². The molecule has 2 aliphatic heterocycles. The Morgan fingerprint density at radius 1 is 0.443 bits per heavy atom. The van der Waals surface area contributed by atoms with Gasteiger partial charge in [-0.2, -0.15) is 0 Å². The SMILES string of the molecule is COc1ccccc1C(C(=O)O)c1ccccc1OC.[Si].c1ccc2c(c1)-c1nc-2nc2[nH]c(nc3nc(nc4[nH]c(n1)c1ccccc41)-c1ccccc1-3)c1ccccc21. The van der Waals surface area contributed by atoms with Crippen LogP contribution in [0.3, 0.4) is 0 Å². The second-order valence-electron chi connectivity index (χ2n) is 14.0. The van der Waals surface area contributed by atoms with Crippen LogP contribution in [0.2, 0.25) is 0 Å². The molecule has 6 aromatic carbocycles. The van der Waals surface area contributed by atoms with Crippen LogP contribution in [0.4, 0.5) is 0 Å². The quantitative estimate of drug-likeness (QED) is 0.143. The van der Waals surface area contributed by atoms with Crippen molar-refractivity contribution in [2.24, 2.45) is 0 Å². The third kappa shape index (κ3) is 6.82. The van der Waals surface area contributed by atoms with E-state index >= 15 is 0 Å². The predicted molar refractivity (Wildman–Crippen MR) is 237 cm³/mol. The molecular weight excluding hydrogens is 781 g/mol. The van der Waals surface area contributed by atoms with E-state index in [2.05, 4.69) is 9.97 Å². The topological polar surface area (TPSA) is 165 Å². The summed E-state index contributed by atoms with van der Waals surface area (Å²) >= 11 is 0. The van der Waals surface area contributed by atoms with Gasteiger partial charge in [0.25, 0.3) is 0 Å². The highest BCUT2D eigenvalue weighted by molar-refractivity contribution is 6.06. The lowest BCUT2D eigenvalue weighted by molar-refractivity contribution is -0.137. The van der Waals surface area contributed by atoms with Crippen molar-refractivity contribution in [3.63, 3.8) is 0 Å². The molecule has 0 atom stereocenters. The third-order valence-electron chi connectivity index (χ3n) is 10.6. The van der Waals surface area contributed by atoms with Gasteiger partial charge in [0.1, 0.15) is 40.0 Å². The lowest BCUT2D eigenvalue weighted by atomic mass is 9.90. The fourth-order valence-corrected chi connectivity index (χ4v) is 7.83. The largest absolute Gasteiger partial charge is 0.496 e. The smallest absolute Gasteiger partial charge is 0.315 e. The Hall–Kier alpha value is -8.03. The molecule has 4 radical (unpaired) electrons. The Kier molecular flexibility index (Phi) is 10.1. The number of para-hydroxylation sites is 2. The first kappa shape index (κ1) is 38.5. The van der Waals surface area contributed by atoms with Gasteiger partial charge in [-0.25, -0.2) is 29.9 Å². The molecule has 294 valence electrons. The van der Waals surface area contributed by atoms with Crippen LogP contribution in [0.5, 0.6) is 11.5 Å². The zero-order valence-corrected chi connectivity index (χ0v) is 33.8. The molecule has 0 amide bonds. The van der Waals surface area contributed by atoms with E-state index in [0.717, 1.165) is 43.8 Å². The Bertz CT molecular complexity index is 2960. The minimum absolute atomic E-state index is 0. The maximum atomic E-state index is 11.7. The molecule has 5 heterocycles. The van der Waals surface area contributed by atoms with E-state index in [1.165, 1.54) is 14.2 Å². The van der Waals surface area contributed by atoms with E-state index in [4.69, 9.17) is 39.4 Å². The van der Waals surface area contributed by atoms with Gasteiger partial charge in [-0.15, -0.1) is 0 Å². The molecule has 0 saturated heterocycles. The zero-order valence-electron chi connectivity index (χ0n) is 32.8. The van der Waals surface area contributed by atoms with Crippen LogP contribution in [-0.4, -0.2) is 76.1 Å². The number of benzene rings is 6. The highest BCUT2D eigenvalue weighted by atomic mass is 28.1. The molecule has 0 spiro atoms. The van der Waals surface area contributed by atoms with Gasteiger partial charge in [-0.3, -0.25) is 4.79 Å². The van der Waals surface area contributed by atoms with Crippen molar-refractivity contribution in [3.05, 3.63) is 157 Å². The van der Waals surface area contributed by atoms with E-state index in [9.17, 15) is 9.90 Å². The van der Waals surface area contributed by atoms with E-state index < -0.39 is 11.9 Å². The van der Waals surface area contributed by atoms with Crippen LogP contribution < -0.4 is 9.47 Å². The molecule has 13 heteroatoms. The summed E-state index contributed by atoms with van der Waals surface area (Å²) in [5.41, 5.74) is 7.66. The second kappa shape index (κ2) is 16.0. The van der Waals surface area contributed by atoms with E-state index in [-0.39, 0.29) is 11.0 Å². The summed E-state index contributed by atoms with van der Waals surface area (Å²) in [6.07, 6.45) is 0. The number of rotatable bonds is 5. The number of aliphatic carboxylic acids is 1. The van der Waals surface area contributed by atoms with Crippen LogP contribution in [0.15, 0.2) is 146 Å². The number of carboxylic acids is 1. The average Bonchev–Trinajstić information content (AvgIpc) is 4.03. The summed E-state index contributed by atoms with van der Waals surface area (Å²) < 4.78 is 10.5. The molecule has 11 rings (SSSR count). The number of hydrogen-bond donors (Lipinski definition) is 3. The first-order chi connectivity index (χ1) is 29.5. The number of fused-ring (bicyclic) bond motifs is 20. The normalized spacial score (nSPS) is 11.3. The van der Waals surface area contributed by atoms with E-state index in [1.54, 1.807) is 36.4 Å². The van der Waals surface area contributed by atoms with Gasteiger partial charge in [-0.1, -0.05) is 133 Å². The molecule has 0 aliphatic carbocycles. The Labute approximate surface area is 353 Å². The highest BCUT2D eigenvalue weighted by Crippen LogP contribution is 2.38. The molecule has 3 N–H and O–H groups in total. The van der Waals surface area contributed by atoms with Crippen molar-refractivity contribution in [3.8, 4) is 57.1 Å². The Balaban J connectivity index is 0.000000193. The third-order valence-corrected chi connectivity index (χ3v) is 10.6. The number of aromatic nitrogens is 8. The van der Waals surface area contributed by atoms with Gasteiger partial charge in [0.05, 0.1) is 14.2 Å². The highest BCUT2D eigenvalue weighted by Gasteiger charge is 2.28. The number of hydrogen-bond acceptors (Lipinski definition) is 9. The van der Waals surface area contributed by atoms with Gasteiger partial charge in [0.15, 0.2) is 23.3 Å². The number of ether oxygens (including phenoxy) is 2. The number of carboxylic acid groups (broad SMARTS) is 1. The van der Waals surface area contributed by atoms with E-state index in [0.29, 0.717) is 68.5 Å². The number of aromatic amines is 2. The van der Waals surface area contributed by atoms with Crippen molar-refractivity contribution >= 4 is 61.1 Å². The number of methoxy groups -OCH3 is 2. The summed E-state index contributed by atoms with van der Waals surface area (Å²) in [7, 11) is 3.06. The monoisotopic (exact) mass is 814 g/mol. The zero-order chi connectivity index (χ0) is 40.7.